The first kappa shape index (κ1) is 15.9. The minimum atomic E-state index is -0.551. The van der Waals surface area contributed by atoms with Gasteiger partial charge in [-0.05, 0) is 29.9 Å². The molecule has 0 spiro atoms. The van der Waals surface area contributed by atoms with E-state index in [-0.39, 0.29) is 6.42 Å². The number of Topliss-reactive ketones (excluding diaryl/α,β-unsaturated/α-hetero) is 1. The van der Waals surface area contributed by atoms with E-state index in [2.05, 4.69) is 5.32 Å². The summed E-state index contributed by atoms with van der Waals surface area (Å²) in [7, 11) is 0. The zero-order valence-electron chi connectivity index (χ0n) is 13.6. The first-order valence-electron chi connectivity index (χ1n) is 8.01. The van der Waals surface area contributed by atoms with Crippen LogP contribution < -0.4 is 5.32 Å². The second-order valence-electron chi connectivity index (χ2n) is 5.84. The van der Waals surface area contributed by atoms with Gasteiger partial charge in [0.1, 0.15) is 0 Å². The van der Waals surface area contributed by atoms with Crippen molar-refractivity contribution in [2.75, 3.05) is 5.32 Å². The van der Waals surface area contributed by atoms with E-state index in [4.69, 9.17) is 0 Å². The summed E-state index contributed by atoms with van der Waals surface area (Å²) in [6.45, 7) is 1.93. The lowest BCUT2D eigenvalue weighted by molar-refractivity contribution is -0.134. The molecule has 1 N–H and O–H groups in total. The molecule has 3 aromatic carbocycles. The second-order valence-corrected chi connectivity index (χ2v) is 5.84. The van der Waals surface area contributed by atoms with Crippen molar-refractivity contribution >= 4 is 28.2 Å². The highest BCUT2D eigenvalue weighted by Gasteiger charge is 2.16. The molecule has 3 rings (SSSR count). The van der Waals surface area contributed by atoms with Gasteiger partial charge in [-0.15, -0.1) is 0 Å². The van der Waals surface area contributed by atoms with Crippen molar-refractivity contribution in [1.82, 2.24) is 0 Å². The largest absolute Gasteiger partial charge is 0.319 e. The number of benzene rings is 3. The maximum Gasteiger partial charge on any atom is 0.291 e. The molecule has 0 aliphatic rings. The molecule has 1 amide bonds. The molecule has 3 nitrogen and oxygen atoms in total. The van der Waals surface area contributed by atoms with E-state index in [1.54, 1.807) is 0 Å². The molecule has 3 aromatic rings. The van der Waals surface area contributed by atoms with Gasteiger partial charge in [0, 0.05) is 11.8 Å². The summed E-state index contributed by atoms with van der Waals surface area (Å²) in [5, 5.41) is 4.78. The van der Waals surface area contributed by atoms with Gasteiger partial charge >= 0.3 is 0 Å². The van der Waals surface area contributed by atoms with Crippen LogP contribution in [0.4, 0.5) is 5.69 Å². The third kappa shape index (κ3) is 3.51. The number of hydrogen-bond donors (Lipinski definition) is 1. The second kappa shape index (κ2) is 7.09. The normalized spacial score (nSPS) is 10.5. The van der Waals surface area contributed by atoms with Gasteiger partial charge in [0.2, 0.25) is 5.78 Å². The van der Waals surface area contributed by atoms with Crippen LogP contribution in [0.25, 0.3) is 10.8 Å². The Morgan fingerprint density at radius 1 is 0.875 bits per heavy atom. The van der Waals surface area contributed by atoms with Crippen LogP contribution in [0.1, 0.15) is 17.5 Å². The minimum Gasteiger partial charge on any atom is -0.319 e. The van der Waals surface area contributed by atoms with Crippen LogP contribution in [0.3, 0.4) is 0 Å². The van der Waals surface area contributed by atoms with E-state index >= 15 is 0 Å². The van der Waals surface area contributed by atoms with Gasteiger partial charge in [0.15, 0.2) is 0 Å². The summed E-state index contributed by atoms with van der Waals surface area (Å²) in [4.78, 5) is 24.4. The van der Waals surface area contributed by atoms with Gasteiger partial charge in [-0.2, -0.15) is 0 Å². The Hall–Kier alpha value is -2.94. The molecule has 0 saturated carbocycles. The predicted molar refractivity (Wildman–Crippen MR) is 97.1 cm³/mol. The number of nitrogens with one attached hydrogen (secondary N) is 1. The number of hydrogen-bond acceptors (Lipinski definition) is 2. The highest BCUT2D eigenvalue weighted by molar-refractivity contribution is 6.41. The number of carbonyl (C=O) groups excluding carboxylic acids is 2. The summed E-state index contributed by atoms with van der Waals surface area (Å²) >= 11 is 0. The molecule has 0 unspecified atom stereocenters. The van der Waals surface area contributed by atoms with E-state index < -0.39 is 11.7 Å². The van der Waals surface area contributed by atoms with E-state index in [1.807, 2.05) is 73.7 Å². The number of carbonyl (C=O) groups is 2. The summed E-state index contributed by atoms with van der Waals surface area (Å²) < 4.78 is 0. The SMILES string of the molecule is Cc1ccc2ccccc2c1NC(=O)C(=O)CCc1ccccc1. The van der Waals surface area contributed by atoms with Crippen LogP contribution in [-0.4, -0.2) is 11.7 Å². The van der Waals surface area contributed by atoms with Gasteiger partial charge in [-0.1, -0.05) is 66.7 Å². The lowest BCUT2D eigenvalue weighted by Gasteiger charge is -2.11. The number of anilines is 1. The highest BCUT2D eigenvalue weighted by Crippen LogP contribution is 2.27. The minimum absolute atomic E-state index is 0.208. The number of aryl methyl sites for hydroxylation is 2. The van der Waals surface area contributed by atoms with Crippen molar-refractivity contribution in [2.45, 2.75) is 19.8 Å². The summed E-state index contributed by atoms with van der Waals surface area (Å²) in [5.74, 6) is -0.948. The van der Waals surface area contributed by atoms with Crippen LogP contribution in [0.15, 0.2) is 66.7 Å². The molecule has 120 valence electrons. The van der Waals surface area contributed by atoms with Gasteiger partial charge < -0.3 is 5.32 Å². The fourth-order valence-electron chi connectivity index (χ4n) is 2.75. The molecule has 0 fully saturated rings. The lowest BCUT2D eigenvalue weighted by Crippen LogP contribution is -2.23. The zero-order chi connectivity index (χ0) is 16.9. The predicted octanol–water partition coefficient (Wildman–Crippen LogP) is 4.29. The smallest absolute Gasteiger partial charge is 0.291 e. The Kier molecular flexibility index (Phi) is 4.71. The zero-order valence-corrected chi connectivity index (χ0v) is 13.6. The van der Waals surface area contributed by atoms with Crippen LogP contribution in [0.2, 0.25) is 0 Å². The van der Waals surface area contributed by atoms with Crippen LogP contribution in [0, 0.1) is 6.92 Å². The molecule has 0 radical (unpaired) electrons. The van der Waals surface area contributed by atoms with Gasteiger partial charge in [-0.25, -0.2) is 0 Å². The molecule has 0 bridgehead atoms. The Labute approximate surface area is 141 Å². The van der Waals surface area contributed by atoms with Crippen molar-refractivity contribution in [3.8, 4) is 0 Å². The molecular formula is C21H19NO2. The molecule has 0 aromatic heterocycles. The number of fused-ring (bicyclic) bond motifs is 1. The van der Waals surface area contributed by atoms with Crippen molar-refractivity contribution in [3.05, 3.63) is 77.9 Å². The maximum atomic E-state index is 12.3. The quantitative estimate of drug-likeness (QED) is 0.714. The molecule has 0 aliphatic heterocycles. The van der Waals surface area contributed by atoms with Crippen LogP contribution >= 0.6 is 0 Å². The Morgan fingerprint density at radius 2 is 1.58 bits per heavy atom. The Morgan fingerprint density at radius 3 is 2.38 bits per heavy atom. The molecule has 0 aliphatic carbocycles. The van der Waals surface area contributed by atoms with Gasteiger partial charge in [0.25, 0.3) is 5.91 Å². The molecule has 24 heavy (non-hydrogen) atoms. The van der Waals surface area contributed by atoms with Gasteiger partial charge in [0.05, 0.1) is 5.69 Å². The van der Waals surface area contributed by atoms with E-state index in [1.165, 1.54) is 0 Å². The fourth-order valence-corrected chi connectivity index (χ4v) is 2.75. The third-order valence-electron chi connectivity index (χ3n) is 4.11. The average molecular weight is 317 g/mol. The molecule has 0 atom stereocenters. The molecule has 3 heteroatoms. The van der Waals surface area contributed by atoms with Crippen molar-refractivity contribution in [2.24, 2.45) is 0 Å². The van der Waals surface area contributed by atoms with Gasteiger partial charge in [-0.3, -0.25) is 9.59 Å². The maximum absolute atomic E-state index is 12.3. The summed E-state index contributed by atoms with van der Waals surface area (Å²) in [5.41, 5.74) is 2.71. The number of rotatable bonds is 5. The van der Waals surface area contributed by atoms with Crippen LogP contribution in [-0.2, 0) is 16.0 Å². The topological polar surface area (TPSA) is 46.2 Å². The first-order chi connectivity index (χ1) is 11.6. The average Bonchev–Trinajstić information content (AvgIpc) is 2.63. The van der Waals surface area contributed by atoms with E-state index in [0.717, 1.165) is 21.9 Å². The fraction of sp³-hybridized carbons (Fsp3) is 0.143. The van der Waals surface area contributed by atoms with Crippen molar-refractivity contribution in [1.29, 1.82) is 0 Å². The van der Waals surface area contributed by atoms with Crippen LogP contribution in [0.5, 0.6) is 0 Å². The first-order valence-corrected chi connectivity index (χ1v) is 8.01. The lowest BCUT2D eigenvalue weighted by atomic mass is 10.0. The number of ketones is 1. The standard InChI is InChI=1S/C21H19NO2/c1-15-11-13-17-9-5-6-10-18(17)20(15)22-21(24)19(23)14-12-16-7-3-2-4-8-16/h2-11,13H,12,14H2,1H3,(H,22,24). The van der Waals surface area contributed by atoms with Crippen molar-refractivity contribution < 1.29 is 9.59 Å². The summed E-state index contributed by atoms with van der Waals surface area (Å²) in [6.07, 6.45) is 0.779. The monoisotopic (exact) mass is 317 g/mol. The van der Waals surface area contributed by atoms with Crippen molar-refractivity contribution in [3.63, 3.8) is 0 Å². The molecular weight excluding hydrogens is 298 g/mol. The Balaban J connectivity index is 1.73. The summed E-state index contributed by atoms with van der Waals surface area (Å²) in [6, 6.07) is 21.5. The third-order valence-corrected chi connectivity index (χ3v) is 4.11. The highest BCUT2D eigenvalue weighted by atomic mass is 16.2. The Bertz CT molecular complexity index is 885. The molecule has 0 heterocycles. The molecule has 0 saturated heterocycles. The van der Waals surface area contributed by atoms with E-state index in [0.29, 0.717) is 12.1 Å². The van der Waals surface area contributed by atoms with E-state index in [9.17, 15) is 9.59 Å². The number of amides is 1.